The smallest absolute Gasteiger partial charge is 0.150 e. The lowest BCUT2D eigenvalue weighted by Gasteiger charge is -2.19. The van der Waals surface area contributed by atoms with Gasteiger partial charge in [-0.05, 0) is 91.3 Å². The molecular formula is C26H26F2OS. The second-order valence-electron chi connectivity index (χ2n) is 7.70. The van der Waals surface area contributed by atoms with Crippen LogP contribution in [-0.2, 0) is 6.42 Å². The van der Waals surface area contributed by atoms with Gasteiger partial charge in [0.1, 0.15) is 17.9 Å². The quantitative estimate of drug-likeness (QED) is 0.204. The molecule has 0 saturated carbocycles. The van der Waals surface area contributed by atoms with Gasteiger partial charge in [0, 0.05) is 16.5 Å². The van der Waals surface area contributed by atoms with Crippen molar-refractivity contribution in [2.24, 2.45) is 0 Å². The number of thioether (sulfide) groups is 1. The zero-order valence-electron chi connectivity index (χ0n) is 17.3. The molecule has 0 bridgehead atoms. The van der Waals surface area contributed by atoms with Crippen LogP contribution in [0.1, 0.15) is 51.4 Å². The minimum absolute atomic E-state index is 0.0512. The molecule has 0 N–H and O–H groups in total. The molecular weight excluding hydrogens is 398 g/mol. The molecule has 4 heteroatoms. The summed E-state index contributed by atoms with van der Waals surface area (Å²) in [5, 5.41) is 0. The van der Waals surface area contributed by atoms with E-state index in [0.717, 1.165) is 42.3 Å². The molecule has 0 aliphatic rings. The van der Waals surface area contributed by atoms with Crippen LogP contribution in [0.2, 0.25) is 0 Å². The molecule has 3 aromatic rings. The lowest BCUT2D eigenvalue weighted by atomic mass is 9.87. The first kappa shape index (κ1) is 22.2. The predicted molar refractivity (Wildman–Crippen MR) is 121 cm³/mol. The van der Waals surface area contributed by atoms with Crippen molar-refractivity contribution in [1.29, 1.82) is 0 Å². The Hall–Kier alpha value is -2.46. The van der Waals surface area contributed by atoms with Gasteiger partial charge in [-0.3, -0.25) is 4.79 Å². The maximum Gasteiger partial charge on any atom is 0.150 e. The number of aldehydes is 1. The molecule has 1 unspecified atom stereocenters. The summed E-state index contributed by atoms with van der Waals surface area (Å²) in [6, 6.07) is 17.7. The Labute approximate surface area is 181 Å². The Balaban J connectivity index is 1.68. The number of halogens is 2. The number of hydrogen-bond donors (Lipinski definition) is 0. The zero-order valence-corrected chi connectivity index (χ0v) is 18.1. The largest absolute Gasteiger partial charge is 0.298 e. The van der Waals surface area contributed by atoms with Crippen LogP contribution < -0.4 is 0 Å². The molecule has 1 nitrogen and oxygen atoms in total. The van der Waals surface area contributed by atoms with Crippen LogP contribution in [0.25, 0.3) is 0 Å². The second-order valence-corrected chi connectivity index (χ2v) is 8.87. The van der Waals surface area contributed by atoms with Gasteiger partial charge in [-0.15, -0.1) is 11.8 Å². The molecule has 3 rings (SSSR count). The van der Waals surface area contributed by atoms with Gasteiger partial charge < -0.3 is 0 Å². The van der Waals surface area contributed by atoms with E-state index in [-0.39, 0.29) is 5.92 Å². The van der Waals surface area contributed by atoms with Gasteiger partial charge in [0.05, 0.1) is 0 Å². The van der Waals surface area contributed by atoms with Gasteiger partial charge in [-0.2, -0.15) is 0 Å². The molecule has 0 radical (unpaired) electrons. The van der Waals surface area contributed by atoms with Crippen molar-refractivity contribution in [2.75, 3.05) is 5.75 Å². The summed E-state index contributed by atoms with van der Waals surface area (Å²) in [4.78, 5) is 11.9. The fourth-order valence-corrected chi connectivity index (χ4v) is 4.45. The van der Waals surface area contributed by atoms with Gasteiger partial charge in [0.15, 0.2) is 0 Å². The van der Waals surface area contributed by atoms with E-state index in [0.29, 0.717) is 11.1 Å². The molecule has 0 saturated heterocycles. The minimum Gasteiger partial charge on any atom is -0.298 e. The number of carbonyl (C=O) groups is 1. The van der Waals surface area contributed by atoms with Gasteiger partial charge in [-0.25, -0.2) is 8.78 Å². The van der Waals surface area contributed by atoms with Crippen molar-refractivity contribution < 1.29 is 13.6 Å². The van der Waals surface area contributed by atoms with E-state index < -0.39 is 11.6 Å². The summed E-state index contributed by atoms with van der Waals surface area (Å²) in [5.41, 5.74) is 5.03. The third-order valence-corrected chi connectivity index (χ3v) is 6.49. The van der Waals surface area contributed by atoms with Crippen molar-refractivity contribution >= 4 is 18.0 Å². The topological polar surface area (TPSA) is 17.1 Å². The molecule has 0 amide bonds. The van der Waals surface area contributed by atoms with Crippen molar-refractivity contribution in [3.8, 4) is 0 Å². The molecule has 1 atom stereocenters. The molecule has 0 aliphatic carbocycles. The highest BCUT2D eigenvalue weighted by Gasteiger charge is 2.15. The van der Waals surface area contributed by atoms with Gasteiger partial charge in [0.2, 0.25) is 0 Å². The first-order valence-corrected chi connectivity index (χ1v) is 11.1. The highest BCUT2D eigenvalue weighted by atomic mass is 32.2. The van der Waals surface area contributed by atoms with E-state index in [2.05, 4.69) is 32.0 Å². The van der Waals surface area contributed by atoms with Crippen LogP contribution in [0.15, 0.2) is 65.6 Å². The molecule has 156 valence electrons. The number of aryl methyl sites for hydroxylation is 2. The van der Waals surface area contributed by atoms with Crippen LogP contribution in [0.5, 0.6) is 0 Å². The third-order valence-electron chi connectivity index (χ3n) is 5.39. The van der Waals surface area contributed by atoms with Crippen LogP contribution in [0.3, 0.4) is 0 Å². The summed E-state index contributed by atoms with van der Waals surface area (Å²) in [5.74, 6) is -0.100. The highest BCUT2D eigenvalue weighted by molar-refractivity contribution is 7.99. The summed E-state index contributed by atoms with van der Waals surface area (Å²) in [6.07, 6.45) is 3.36. The first-order chi connectivity index (χ1) is 14.4. The average molecular weight is 425 g/mol. The molecule has 3 aromatic carbocycles. The van der Waals surface area contributed by atoms with Gasteiger partial charge in [-0.1, -0.05) is 30.3 Å². The highest BCUT2D eigenvalue weighted by Crippen LogP contribution is 2.29. The SMILES string of the molecule is Cc1ccc(CC(CCCSc2ccc(C=O)cc2)c2cc(F)cc(F)c2)cc1C. The second kappa shape index (κ2) is 10.5. The maximum atomic E-state index is 13.8. The monoisotopic (exact) mass is 424 g/mol. The molecule has 0 spiro atoms. The lowest BCUT2D eigenvalue weighted by molar-refractivity contribution is 0.112. The third kappa shape index (κ3) is 6.27. The predicted octanol–water partition coefficient (Wildman–Crippen LogP) is 7.29. The Morgan fingerprint density at radius 3 is 2.23 bits per heavy atom. The van der Waals surface area contributed by atoms with E-state index >= 15 is 0 Å². The average Bonchev–Trinajstić information content (AvgIpc) is 2.72. The maximum absolute atomic E-state index is 13.8. The summed E-state index contributed by atoms with van der Waals surface area (Å²) >= 11 is 1.73. The molecule has 0 aliphatic heterocycles. The summed E-state index contributed by atoms with van der Waals surface area (Å²) < 4.78 is 27.7. The Morgan fingerprint density at radius 1 is 0.900 bits per heavy atom. The number of carbonyl (C=O) groups excluding carboxylic acids is 1. The van der Waals surface area contributed by atoms with Crippen LogP contribution in [0.4, 0.5) is 8.78 Å². The van der Waals surface area contributed by atoms with E-state index in [1.807, 2.05) is 24.3 Å². The van der Waals surface area contributed by atoms with Crippen LogP contribution >= 0.6 is 11.8 Å². The molecule has 0 fully saturated rings. The Bertz CT molecular complexity index is 978. The Morgan fingerprint density at radius 2 is 1.60 bits per heavy atom. The van der Waals surface area contributed by atoms with Crippen molar-refractivity contribution in [1.82, 2.24) is 0 Å². The molecule has 0 aromatic heterocycles. The normalized spacial score (nSPS) is 12.0. The fraction of sp³-hybridized carbons (Fsp3) is 0.269. The van der Waals surface area contributed by atoms with Gasteiger partial charge in [0.25, 0.3) is 0 Å². The van der Waals surface area contributed by atoms with Crippen molar-refractivity contribution in [2.45, 2.75) is 43.9 Å². The van der Waals surface area contributed by atoms with E-state index in [1.54, 1.807) is 11.8 Å². The number of benzene rings is 3. The summed E-state index contributed by atoms with van der Waals surface area (Å²) in [6.45, 7) is 4.17. The fourth-order valence-electron chi connectivity index (χ4n) is 3.57. The van der Waals surface area contributed by atoms with Gasteiger partial charge >= 0.3 is 0 Å². The standard InChI is InChI=1S/C26H26F2OS/c1-18-5-6-21(12-19(18)2)13-22(23-14-24(27)16-25(28)15-23)4-3-11-30-26-9-7-20(17-29)8-10-26/h5-10,12,14-17,22H,3-4,11,13H2,1-2H3. The first-order valence-electron chi connectivity index (χ1n) is 10.1. The van der Waals surface area contributed by atoms with E-state index in [9.17, 15) is 13.6 Å². The zero-order chi connectivity index (χ0) is 21.5. The number of hydrogen-bond acceptors (Lipinski definition) is 2. The van der Waals surface area contributed by atoms with Crippen molar-refractivity contribution in [3.63, 3.8) is 0 Å². The lowest BCUT2D eigenvalue weighted by Crippen LogP contribution is -2.06. The van der Waals surface area contributed by atoms with Crippen LogP contribution in [0, 0.1) is 25.5 Å². The molecule has 0 heterocycles. The van der Waals surface area contributed by atoms with E-state index in [1.165, 1.54) is 28.8 Å². The van der Waals surface area contributed by atoms with E-state index in [4.69, 9.17) is 0 Å². The molecule has 30 heavy (non-hydrogen) atoms. The van der Waals surface area contributed by atoms with Crippen LogP contribution in [-0.4, -0.2) is 12.0 Å². The Kier molecular flexibility index (Phi) is 7.81. The number of rotatable bonds is 9. The minimum atomic E-state index is -0.528. The van der Waals surface area contributed by atoms with Crippen molar-refractivity contribution in [3.05, 3.63) is 100 Å². The summed E-state index contributed by atoms with van der Waals surface area (Å²) in [7, 11) is 0.